The molecule has 13 heavy (non-hydrogen) atoms. The molecule has 76 valence electrons. The van der Waals surface area contributed by atoms with E-state index in [2.05, 4.69) is 26.1 Å². The molecule has 3 nitrogen and oxygen atoms in total. The van der Waals surface area contributed by atoms with E-state index in [1.807, 2.05) is 6.92 Å². The normalized spacial score (nSPS) is 31.7. The Hall–Kier alpha value is -0.570. The summed E-state index contributed by atoms with van der Waals surface area (Å²) in [6, 6.07) is 0.270. The molecular weight excluding hydrogens is 166 g/mol. The molecule has 1 aliphatic heterocycles. The number of carbonyl (C=O) groups excluding carboxylic acids is 1. The van der Waals surface area contributed by atoms with Gasteiger partial charge in [-0.2, -0.15) is 0 Å². The van der Waals surface area contributed by atoms with Gasteiger partial charge < -0.3 is 10.1 Å². The van der Waals surface area contributed by atoms with Crippen molar-refractivity contribution >= 4 is 5.97 Å². The molecule has 0 aromatic rings. The van der Waals surface area contributed by atoms with Crippen molar-refractivity contribution in [1.82, 2.24) is 5.32 Å². The third-order valence-electron chi connectivity index (χ3n) is 2.92. The second-order valence-corrected chi connectivity index (χ2v) is 4.39. The van der Waals surface area contributed by atoms with Crippen LogP contribution in [0.1, 0.15) is 34.1 Å². The lowest BCUT2D eigenvalue weighted by Crippen LogP contribution is -2.36. The average Bonchev–Trinajstić information content (AvgIpc) is 2.27. The molecule has 0 amide bonds. The second kappa shape index (κ2) is 3.66. The topological polar surface area (TPSA) is 38.3 Å². The molecule has 1 fully saturated rings. The van der Waals surface area contributed by atoms with Gasteiger partial charge in [0, 0.05) is 6.04 Å². The molecule has 0 spiro atoms. The summed E-state index contributed by atoms with van der Waals surface area (Å²) in [5.41, 5.74) is 0.192. The quantitative estimate of drug-likeness (QED) is 0.659. The summed E-state index contributed by atoms with van der Waals surface area (Å²) in [5.74, 6) is -0.111. The van der Waals surface area contributed by atoms with E-state index in [1.165, 1.54) is 0 Å². The molecule has 0 aromatic heterocycles. The minimum atomic E-state index is -0.111. The molecule has 0 unspecified atom stereocenters. The Kier molecular flexibility index (Phi) is 2.96. The first kappa shape index (κ1) is 10.5. The maximum absolute atomic E-state index is 11.4. The maximum Gasteiger partial charge on any atom is 0.323 e. The Morgan fingerprint density at radius 1 is 1.62 bits per heavy atom. The largest absolute Gasteiger partial charge is 0.465 e. The predicted molar refractivity (Wildman–Crippen MR) is 51.4 cm³/mol. The van der Waals surface area contributed by atoms with Gasteiger partial charge >= 0.3 is 5.97 Å². The number of nitrogens with one attached hydrogen (secondary N) is 1. The minimum absolute atomic E-state index is 0.107. The lowest BCUT2D eigenvalue weighted by Gasteiger charge is -2.21. The third-order valence-corrected chi connectivity index (χ3v) is 2.92. The molecule has 0 saturated carbocycles. The Bertz CT molecular complexity index is 201. The van der Waals surface area contributed by atoms with Crippen molar-refractivity contribution in [2.45, 2.75) is 46.2 Å². The Balaban J connectivity index is 2.53. The van der Waals surface area contributed by atoms with Crippen LogP contribution in [0.5, 0.6) is 0 Å². The van der Waals surface area contributed by atoms with Crippen molar-refractivity contribution in [2.24, 2.45) is 5.41 Å². The summed E-state index contributed by atoms with van der Waals surface area (Å²) >= 11 is 0. The van der Waals surface area contributed by atoms with Crippen molar-refractivity contribution < 1.29 is 9.53 Å². The molecule has 0 aliphatic carbocycles. The van der Waals surface area contributed by atoms with E-state index >= 15 is 0 Å². The van der Waals surface area contributed by atoms with Crippen LogP contribution in [0.15, 0.2) is 0 Å². The van der Waals surface area contributed by atoms with Crippen LogP contribution in [0.2, 0.25) is 0 Å². The van der Waals surface area contributed by atoms with Gasteiger partial charge in [-0.1, -0.05) is 13.8 Å². The first-order valence-corrected chi connectivity index (χ1v) is 4.90. The summed E-state index contributed by atoms with van der Waals surface area (Å²) in [4.78, 5) is 11.4. The molecule has 0 radical (unpaired) electrons. The van der Waals surface area contributed by atoms with Gasteiger partial charge in [0.15, 0.2) is 0 Å². The van der Waals surface area contributed by atoms with Gasteiger partial charge in [0.05, 0.1) is 6.61 Å². The van der Waals surface area contributed by atoms with E-state index in [1.54, 1.807) is 0 Å². The van der Waals surface area contributed by atoms with Crippen LogP contribution in [-0.2, 0) is 9.53 Å². The summed E-state index contributed by atoms with van der Waals surface area (Å²) in [6.07, 6.45) is 0.868. The van der Waals surface area contributed by atoms with Crippen molar-refractivity contribution in [1.29, 1.82) is 0 Å². The molecule has 1 aliphatic rings. The lowest BCUT2D eigenvalue weighted by molar-refractivity contribution is -0.145. The Labute approximate surface area is 79.8 Å². The highest BCUT2D eigenvalue weighted by Crippen LogP contribution is 2.33. The van der Waals surface area contributed by atoms with E-state index in [0.717, 1.165) is 6.42 Å². The zero-order valence-electron chi connectivity index (χ0n) is 8.89. The predicted octanol–water partition coefficient (Wildman–Crippen LogP) is 1.33. The Morgan fingerprint density at radius 2 is 2.23 bits per heavy atom. The lowest BCUT2D eigenvalue weighted by atomic mass is 9.85. The molecule has 0 bridgehead atoms. The summed E-state index contributed by atoms with van der Waals surface area (Å²) < 4.78 is 4.97. The standard InChI is InChI=1S/C10H19NO2/c1-5-13-9(12)8-6-10(3,4)7(2)11-8/h7-8,11H,5-6H2,1-4H3/t7-,8-/m0/s1. The van der Waals surface area contributed by atoms with E-state index in [-0.39, 0.29) is 17.4 Å². The number of hydrogen-bond donors (Lipinski definition) is 1. The fraction of sp³-hybridized carbons (Fsp3) is 0.900. The fourth-order valence-electron chi connectivity index (χ4n) is 1.68. The molecule has 1 N–H and O–H groups in total. The second-order valence-electron chi connectivity index (χ2n) is 4.39. The number of esters is 1. The van der Waals surface area contributed by atoms with Crippen molar-refractivity contribution in [3.05, 3.63) is 0 Å². The number of carbonyl (C=O) groups is 1. The highest BCUT2D eigenvalue weighted by atomic mass is 16.5. The van der Waals surface area contributed by atoms with E-state index in [0.29, 0.717) is 12.6 Å². The van der Waals surface area contributed by atoms with Gasteiger partial charge in [0.2, 0.25) is 0 Å². The molecule has 2 atom stereocenters. The summed E-state index contributed by atoms with van der Waals surface area (Å²) in [6.45, 7) is 8.75. The molecule has 0 aromatic carbocycles. The average molecular weight is 185 g/mol. The number of ether oxygens (including phenoxy) is 1. The third kappa shape index (κ3) is 2.21. The van der Waals surface area contributed by atoms with Crippen LogP contribution < -0.4 is 5.32 Å². The van der Waals surface area contributed by atoms with Gasteiger partial charge in [0.25, 0.3) is 0 Å². The maximum atomic E-state index is 11.4. The smallest absolute Gasteiger partial charge is 0.323 e. The van der Waals surface area contributed by atoms with E-state index in [4.69, 9.17) is 4.74 Å². The number of rotatable bonds is 2. The first-order valence-electron chi connectivity index (χ1n) is 4.90. The molecule has 1 rings (SSSR count). The van der Waals surface area contributed by atoms with Crippen molar-refractivity contribution in [3.63, 3.8) is 0 Å². The van der Waals surface area contributed by atoms with Crippen LogP contribution in [-0.4, -0.2) is 24.7 Å². The fourth-order valence-corrected chi connectivity index (χ4v) is 1.68. The Morgan fingerprint density at radius 3 is 2.62 bits per heavy atom. The molecule has 1 heterocycles. The first-order chi connectivity index (χ1) is 5.97. The minimum Gasteiger partial charge on any atom is -0.465 e. The van der Waals surface area contributed by atoms with Gasteiger partial charge in [-0.25, -0.2) is 0 Å². The SMILES string of the molecule is CCOC(=O)[C@@H]1CC(C)(C)[C@H](C)N1. The van der Waals surface area contributed by atoms with Crippen molar-refractivity contribution in [3.8, 4) is 0 Å². The molecular formula is C10H19NO2. The van der Waals surface area contributed by atoms with E-state index < -0.39 is 0 Å². The van der Waals surface area contributed by atoms with E-state index in [9.17, 15) is 4.79 Å². The van der Waals surface area contributed by atoms with Gasteiger partial charge in [0.1, 0.15) is 6.04 Å². The molecule has 1 saturated heterocycles. The van der Waals surface area contributed by atoms with Crippen LogP contribution in [0.25, 0.3) is 0 Å². The highest BCUT2D eigenvalue weighted by Gasteiger charge is 2.40. The van der Waals surface area contributed by atoms with Gasteiger partial charge in [-0.3, -0.25) is 4.79 Å². The van der Waals surface area contributed by atoms with Gasteiger partial charge in [-0.15, -0.1) is 0 Å². The van der Waals surface area contributed by atoms with Crippen LogP contribution in [0.4, 0.5) is 0 Å². The summed E-state index contributed by atoms with van der Waals surface area (Å²) in [5, 5.41) is 3.25. The molecule has 3 heteroatoms. The monoisotopic (exact) mass is 185 g/mol. The van der Waals surface area contributed by atoms with Crippen LogP contribution >= 0.6 is 0 Å². The van der Waals surface area contributed by atoms with Gasteiger partial charge in [-0.05, 0) is 25.7 Å². The number of hydrogen-bond acceptors (Lipinski definition) is 3. The summed E-state index contributed by atoms with van der Waals surface area (Å²) in [7, 11) is 0. The zero-order chi connectivity index (χ0) is 10.1. The van der Waals surface area contributed by atoms with Crippen molar-refractivity contribution in [2.75, 3.05) is 6.61 Å². The highest BCUT2D eigenvalue weighted by molar-refractivity contribution is 5.76. The van der Waals surface area contributed by atoms with Crippen LogP contribution in [0.3, 0.4) is 0 Å². The van der Waals surface area contributed by atoms with Crippen LogP contribution in [0, 0.1) is 5.41 Å². The zero-order valence-corrected chi connectivity index (χ0v) is 8.89.